The molecule has 1 aliphatic rings. The Morgan fingerprint density at radius 2 is 1.80 bits per heavy atom. The van der Waals surface area contributed by atoms with Crippen molar-refractivity contribution < 1.29 is 42.2 Å². The van der Waals surface area contributed by atoms with Crippen LogP contribution in [0.5, 0.6) is 5.75 Å². The van der Waals surface area contributed by atoms with Crippen molar-refractivity contribution in [2.45, 2.75) is 51.3 Å². The molecule has 1 aromatic heterocycles. The number of ether oxygens (including phenoxy) is 1. The zero-order chi connectivity index (χ0) is 32.9. The predicted octanol–water partition coefficient (Wildman–Crippen LogP) is 4.36. The fourth-order valence-corrected chi connectivity index (χ4v) is 5.70. The Morgan fingerprint density at radius 1 is 1.09 bits per heavy atom. The first-order valence-electron chi connectivity index (χ1n) is 14.0. The maximum atomic E-state index is 14.9. The van der Waals surface area contributed by atoms with Crippen LogP contribution in [0.25, 0.3) is 10.9 Å². The van der Waals surface area contributed by atoms with E-state index in [0.29, 0.717) is 27.8 Å². The van der Waals surface area contributed by atoms with Crippen LogP contribution in [0, 0.1) is 11.8 Å². The third-order valence-corrected chi connectivity index (χ3v) is 8.50. The number of fused-ring (bicyclic) bond motifs is 1. The van der Waals surface area contributed by atoms with E-state index >= 15 is 0 Å². The van der Waals surface area contributed by atoms with Crippen LogP contribution in [0.2, 0.25) is 0 Å². The number of aliphatic hydroxyl groups is 3. The smallest absolute Gasteiger partial charge is 0.406 e. The molecule has 9 nitrogen and oxygen atoms in total. The number of hydrogen-bond donors (Lipinski definition) is 5. The summed E-state index contributed by atoms with van der Waals surface area (Å²) in [6, 6.07) is 10.5. The Kier molecular flexibility index (Phi) is 11.4. The summed E-state index contributed by atoms with van der Waals surface area (Å²) in [5.41, 5.74) is 1.34. The highest BCUT2D eigenvalue weighted by Gasteiger charge is 2.38. The van der Waals surface area contributed by atoms with Gasteiger partial charge in [-0.05, 0) is 62.1 Å². The number of alkyl halides is 4. The van der Waals surface area contributed by atoms with Gasteiger partial charge in [0.1, 0.15) is 25.6 Å². The number of rotatable bonds is 8. The molecule has 2 heterocycles. The lowest BCUT2D eigenvalue weighted by atomic mass is 10.0. The number of benzene rings is 2. The average Bonchev–Trinajstić information content (AvgIpc) is 3.28. The van der Waals surface area contributed by atoms with Crippen LogP contribution >= 0.6 is 7.14 Å². The first-order chi connectivity index (χ1) is 20.6. The topological polar surface area (TPSA) is 119 Å². The Morgan fingerprint density at radius 3 is 2.39 bits per heavy atom. The minimum Gasteiger partial charge on any atom is -0.495 e. The van der Waals surface area contributed by atoms with Crippen LogP contribution in [0.1, 0.15) is 26.0 Å². The van der Waals surface area contributed by atoms with Gasteiger partial charge in [0.15, 0.2) is 0 Å². The quantitative estimate of drug-likeness (QED) is 0.107. The van der Waals surface area contributed by atoms with E-state index in [2.05, 4.69) is 22.5 Å². The predicted molar refractivity (Wildman–Crippen MR) is 165 cm³/mol. The molecule has 1 fully saturated rings. The van der Waals surface area contributed by atoms with Crippen molar-refractivity contribution in [1.29, 1.82) is 0 Å². The second kappa shape index (κ2) is 14.2. The largest absolute Gasteiger partial charge is 0.495 e. The maximum Gasteiger partial charge on any atom is 0.406 e. The van der Waals surface area contributed by atoms with Gasteiger partial charge in [0.25, 0.3) is 0 Å². The summed E-state index contributed by atoms with van der Waals surface area (Å²) in [5.74, 6) is 6.11. The summed E-state index contributed by atoms with van der Waals surface area (Å²) in [7, 11) is -1.03. The van der Waals surface area contributed by atoms with Crippen LogP contribution in [-0.4, -0.2) is 89.3 Å². The van der Waals surface area contributed by atoms with Gasteiger partial charge in [-0.1, -0.05) is 25.8 Å². The summed E-state index contributed by atoms with van der Waals surface area (Å²) in [6.45, 7) is 5.60. The third-order valence-electron chi connectivity index (χ3n) is 6.98. The molecule has 44 heavy (non-hydrogen) atoms. The van der Waals surface area contributed by atoms with E-state index in [0.717, 1.165) is 9.47 Å². The highest BCUT2D eigenvalue weighted by atomic mass is 31.2. The Hall–Kier alpha value is -3.27. The molecule has 2 unspecified atom stereocenters. The second-order valence-electron chi connectivity index (χ2n) is 10.5. The van der Waals surface area contributed by atoms with E-state index in [9.17, 15) is 37.4 Å². The first-order valence-corrected chi connectivity index (χ1v) is 16.6. The lowest BCUT2D eigenvalue weighted by molar-refractivity contribution is -0.397. The molecule has 0 saturated carbocycles. The van der Waals surface area contributed by atoms with E-state index in [4.69, 9.17) is 4.74 Å². The van der Waals surface area contributed by atoms with Crippen LogP contribution in [0.15, 0.2) is 42.5 Å². The van der Waals surface area contributed by atoms with Gasteiger partial charge in [-0.25, -0.2) is 9.29 Å². The molecule has 2 aromatic carbocycles. The van der Waals surface area contributed by atoms with Crippen LogP contribution in [0.3, 0.4) is 0 Å². The molecule has 0 bridgehead atoms. The van der Waals surface area contributed by atoms with Crippen molar-refractivity contribution in [1.82, 2.24) is 9.47 Å². The molecule has 0 spiro atoms. The molecule has 0 aliphatic carbocycles. The highest BCUT2D eigenvalue weighted by molar-refractivity contribution is 7.70. The molecule has 1 aliphatic heterocycles. The van der Waals surface area contributed by atoms with Crippen molar-refractivity contribution in [3.8, 4) is 17.6 Å². The number of anilines is 2. The second-order valence-corrected chi connectivity index (χ2v) is 13.7. The van der Waals surface area contributed by atoms with Crippen LogP contribution in [-0.2, 0) is 11.1 Å². The minimum atomic E-state index is -4.53. The molecule has 5 N–H and O–H groups in total. The van der Waals surface area contributed by atoms with Crippen molar-refractivity contribution in [2.24, 2.45) is 0 Å². The van der Waals surface area contributed by atoms with Crippen LogP contribution < -0.4 is 20.7 Å². The number of likely N-dealkylation sites (tertiary alicyclic amines) is 1. The van der Waals surface area contributed by atoms with Crippen molar-refractivity contribution in [3.63, 3.8) is 0 Å². The normalized spacial score (nSPS) is 17.7. The Bertz CT molecular complexity index is 1540. The SMILES string of the molecule is CC.COc1cc(P(C)(C)=O)ccc1NCC#Cc1cc2c(NC3CCN(C(O)(O)O)CC3F)cccc2n1CC(F)(F)F. The molecular formula is C30H39F4N4O5P. The Balaban J connectivity index is 0.00000259. The number of halogens is 4. The summed E-state index contributed by atoms with van der Waals surface area (Å²) < 4.78 is 74.3. The first kappa shape index (κ1) is 35.2. The number of methoxy groups -OCH3 is 1. The third kappa shape index (κ3) is 8.89. The summed E-state index contributed by atoms with van der Waals surface area (Å²) in [4.78, 5) is 0.772. The lowest BCUT2D eigenvalue weighted by Crippen LogP contribution is -2.57. The number of piperidine rings is 1. The lowest BCUT2D eigenvalue weighted by Gasteiger charge is -2.38. The zero-order valence-corrected chi connectivity index (χ0v) is 26.1. The van der Waals surface area contributed by atoms with E-state index in [1.165, 1.54) is 19.2 Å². The van der Waals surface area contributed by atoms with Crippen LogP contribution in [0.4, 0.5) is 28.9 Å². The summed E-state index contributed by atoms with van der Waals surface area (Å²) >= 11 is 0. The maximum absolute atomic E-state index is 14.9. The fraction of sp³-hybridized carbons (Fsp3) is 0.467. The molecule has 4 rings (SSSR count). The van der Waals surface area contributed by atoms with Gasteiger partial charge in [-0.2, -0.15) is 13.2 Å². The molecule has 242 valence electrons. The molecule has 0 amide bonds. The minimum absolute atomic E-state index is 0.0277. The number of aromatic nitrogens is 1. The van der Waals surface area contributed by atoms with E-state index in [-0.39, 0.29) is 30.7 Å². The van der Waals surface area contributed by atoms with Gasteiger partial charge in [0.05, 0.1) is 36.6 Å². The molecule has 0 radical (unpaired) electrons. The summed E-state index contributed by atoms with van der Waals surface area (Å²) in [6.07, 6.45) is -9.17. The number of hydrogen-bond acceptors (Lipinski definition) is 8. The van der Waals surface area contributed by atoms with E-state index in [1.807, 2.05) is 13.8 Å². The zero-order valence-electron chi connectivity index (χ0n) is 25.2. The van der Waals surface area contributed by atoms with Gasteiger partial charge in [0.2, 0.25) is 0 Å². The average molecular weight is 643 g/mol. The van der Waals surface area contributed by atoms with Gasteiger partial charge in [0, 0.05) is 29.5 Å². The monoisotopic (exact) mass is 642 g/mol. The number of nitrogens with one attached hydrogen (secondary N) is 2. The molecule has 1 saturated heterocycles. The summed E-state index contributed by atoms with van der Waals surface area (Å²) in [5, 5.41) is 35.2. The fourth-order valence-electron chi connectivity index (χ4n) is 4.84. The van der Waals surface area contributed by atoms with Gasteiger partial charge in [-0.3, -0.25) is 0 Å². The standard InChI is InChI=1S/C28H33F4N4O5P.C2H6/c1-41-26-15-19(42(2,3)40)9-10-24(26)33-12-5-6-18-14-20-22(7-4-8-25(20)36(18)17-27(30,31)32)34-23-11-13-35(16-21(23)29)28(37,38)39;1-2/h4,7-10,14-15,21,23,33-34,37-39H,11-13,16-17H2,1-3H3;1-2H3. The van der Waals surface area contributed by atoms with Crippen molar-refractivity contribution >= 4 is 34.7 Å². The van der Waals surface area contributed by atoms with E-state index < -0.39 is 44.7 Å². The molecule has 2 atom stereocenters. The highest BCUT2D eigenvalue weighted by Crippen LogP contribution is 2.37. The van der Waals surface area contributed by atoms with Gasteiger partial charge in [-0.15, -0.1) is 0 Å². The van der Waals surface area contributed by atoms with E-state index in [1.54, 1.807) is 43.7 Å². The molecule has 3 aromatic rings. The number of nitrogens with zero attached hydrogens (tertiary/aromatic N) is 2. The Labute approximate surface area is 254 Å². The van der Waals surface area contributed by atoms with Crippen molar-refractivity contribution in [3.05, 3.63) is 48.2 Å². The molecule has 14 heteroatoms. The van der Waals surface area contributed by atoms with Gasteiger partial charge >= 0.3 is 12.3 Å². The molecular weight excluding hydrogens is 603 g/mol. The van der Waals surface area contributed by atoms with Gasteiger partial charge < -0.3 is 39.8 Å². The van der Waals surface area contributed by atoms with Crippen molar-refractivity contribution in [2.75, 3.05) is 50.7 Å².